The van der Waals surface area contributed by atoms with Crippen LogP contribution in [0.15, 0.2) is 48.7 Å². The highest BCUT2D eigenvalue weighted by atomic mass is 32.2. The SMILES string of the molecule is O=C1CSC(=O)N1C(Cc1cc(C(F)(F)F)cc(C(F)(F)F)c1)c1cccc2[nH]ccc12. The molecule has 168 valence electrons. The number of aromatic amines is 1. The van der Waals surface area contributed by atoms with Crippen molar-refractivity contribution in [2.45, 2.75) is 24.8 Å². The highest BCUT2D eigenvalue weighted by Crippen LogP contribution is 2.40. The van der Waals surface area contributed by atoms with Gasteiger partial charge in [-0.2, -0.15) is 26.3 Å². The van der Waals surface area contributed by atoms with Gasteiger partial charge >= 0.3 is 12.4 Å². The van der Waals surface area contributed by atoms with E-state index in [2.05, 4.69) is 4.98 Å². The molecular weight excluding hydrogens is 458 g/mol. The lowest BCUT2D eigenvalue weighted by Crippen LogP contribution is -2.34. The van der Waals surface area contributed by atoms with Crippen molar-refractivity contribution < 1.29 is 35.9 Å². The van der Waals surface area contributed by atoms with Gasteiger partial charge in [-0.3, -0.25) is 14.5 Å². The number of fused-ring (bicyclic) bond motifs is 1. The van der Waals surface area contributed by atoms with Gasteiger partial charge in [-0.15, -0.1) is 0 Å². The first-order valence-electron chi connectivity index (χ1n) is 9.28. The molecule has 11 heteroatoms. The van der Waals surface area contributed by atoms with Crippen LogP contribution < -0.4 is 0 Å². The van der Waals surface area contributed by atoms with Crippen molar-refractivity contribution in [1.29, 1.82) is 0 Å². The Balaban J connectivity index is 1.86. The number of carbonyl (C=O) groups excluding carboxylic acids is 2. The van der Waals surface area contributed by atoms with Crippen LogP contribution in [0, 0.1) is 0 Å². The third-order valence-electron chi connectivity index (χ3n) is 5.16. The Morgan fingerprint density at radius 3 is 2.19 bits per heavy atom. The van der Waals surface area contributed by atoms with Crippen molar-refractivity contribution in [3.8, 4) is 0 Å². The Labute approximate surface area is 181 Å². The number of alkyl halides is 6. The second-order valence-electron chi connectivity index (χ2n) is 7.24. The van der Waals surface area contributed by atoms with E-state index in [9.17, 15) is 35.9 Å². The first-order chi connectivity index (χ1) is 14.9. The molecule has 4 nitrogen and oxygen atoms in total. The number of rotatable bonds is 4. The lowest BCUT2D eigenvalue weighted by Gasteiger charge is -2.27. The van der Waals surface area contributed by atoms with Gasteiger partial charge in [0.25, 0.3) is 5.24 Å². The van der Waals surface area contributed by atoms with E-state index in [1.54, 1.807) is 30.5 Å². The average Bonchev–Trinajstić information content (AvgIpc) is 3.31. The number of H-pyrrole nitrogens is 1. The van der Waals surface area contributed by atoms with Gasteiger partial charge in [0.2, 0.25) is 5.91 Å². The highest BCUT2D eigenvalue weighted by Gasteiger charge is 2.40. The Kier molecular flexibility index (Phi) is 5.48. The Morgan fingerprint density at radius 2 is 1.62 bits per heavy atom. The van der Waals surface area contributed by atoms with Gasteiger partial charge in [-0.25, -0.2) is 0 Å². The van der Waals surface area contributed by atoms with E-state index in [0.29, 0.717) is 28.6 Å². The summed E-state index contributed by atoms with van der Waals surface area (Å²) < 4.78 is 79.8. The van der Waals surface area contributed by atoms with Crippen molar-refractivity contribution >= 4 is 33.8 Å². The molecule has 4 rings (SSSR count). The Hall–Kier alpha value is -2.95. The van der Waals surface area contributed by atoms with Crippen LogP contribution in [0.5, 0.6) is 0 Å². The number of aromatic nitrogens is 1. The van der Waals surface area contributed by atoms with Gasteiger partial charge in [0.15, 0.2) is 0 Å². The number of hydrogen-bond acceptors (Lipinski definition) is 3. The average molecular weight is 472 g/mol. The number of nitrogens with one attached hydrogen (secondary N) is 1. The van der Waals surface area contributed by atoms with Crippen molar-refractivity contribution in [3.63, 3.8) is 0 Å². The molecule has 3 aromatic rings. The maximum Gasteiger partial charge on any atom is 0.416 e. The molecule has 1 fully saturated rings. The van der Waals surface area contributed by atoms with E-state index < -0.39 is 47.1 Å². The quantitative estimate of drug-likeness (QED) is 0.461. The zero-order valence-electron chi connectivity index (χ0n) is 16.1. The zero-order chi connectivity index (χ0) is 23.3. The van der Waals surface area contributed by atoms with Gasteiger partial charge in [0.1, 0.15) is 0 Å². The van der Waals surface area contributed by atoms with E-state index in [4.69, 9.17) is 0 Å². The van der Waals surface area contributed by atoms with Crippen LogP contribution in [0.2, 0.25) is 0 Å². The lowest BCUT2D eigenvalue weighted by atomic mass is 9.93. The number of carbonyl (C=O) groups is 2. The summed E-state index contributed by atoms with van der Waals surface area (Å²) in [5, 5.41) is 0.00794. The summed E-state index contributed by atoms with van der Waals surface area (Å²) in [6.45, 7) is 0. The molecule has 1 aliphatic rings. The van der Waals surface area contributed by atoms with Gasteiger partial charge in [-0.05, 0) is 47.9 Å². The summed E-state index contributed by atoms with van der Waals surface area (Å²) >= 11 is 0.739. The molecule has 2 amide bonds. The fraction of sp³-hybridized carbons (Fsp3) is 0.238. The number of imide groups is 1. The van der Waals surface area contributed by atoms with Gasteiger partial charge < -0.3 is 4.98 Å². The number of benzene rings is 2. The summed E-state index contributed by atoms with van der Waals surface area (Å²) in [5.41, 5.74) is -2.09. The molecule has 2 aromatic carbocycles. The molecule has 1 unspecified atom stereocenters. The minimum Gasteiger partial charge on any atom is -0.361 e. The third kappa shape index (κ3) is 4.21. The number of nitrogens with zero attached hydrogens (tertiary/aromatic N) is 1. The lowest BCUT2D eigenvalue weighted by molar-refractivity contribution is -0.143. The van der Waals surface area contributed by atoms with Crippen LogP contribution in [0.3, 0.4) is 0 Å². The second-order valence-corrected chi connectivity index (χ2v) is 8.17. The predicted octanol–water partition coefficient (Wildman–Crippen LogP) is 6.18. The molecule has 0 bridgehead atoms. The second kappa shape index (κ2) is 7.88. The molecular formula is C21H14F6N2O2S. The van der Waals surface area contributed by atoms with Crippen LogP contribution in [0.25, 0.3) is 10.9 Å². The zero-order valence-corrected chi connectivity index (χ0v) is 16.9. The topological polar surface area (TPSA) is 53.2 Å². The van der Waals surface area contributed by atoms with Crippen molar-refractivity contribution in [2.24, 2.45) is 0 Å². The van der Waals surface area contributed by atoms with Crippen molar-refractivity contribution in [3.05, 3.63) is 70.9 Å². The number of hydrogen-bond donors (Lipinski definition) is 1. The molecule has 1 saturated heterocycles. The molecule has 1 aliphatic heterocycles. The molecule has 2 heterocycles. The predicted molar refractivity (Wildman–Crippen MR) is 106 cm³/mol. The van der Waals surface area contributed by atoms with Gasteiger partial charge in [0, 0.05) is 17.1 Å². The third-order valence-corrected chi connectivity index (χ3v) is 6.00. The van der Waals surface area contributed by atoms with Gasteiger partial charge in [0.05, 0.1) is 22.9 Å². The summed E-state index contributed by atoms with van der Waals surface area (Å²) in [6.07, 6.45) is -8.79. The normalized spacial score (nSPS) is 16.2. The molecule has 1 N–H and O–H groups in total. The maximum atomic E-state index is 13.3. The molecule has 1 atom stereocenters. The number of halogens is 6. The van der Waals surface area contributed by atoms with Crippen LogP contribution >= 0.6 is 11.8 Å². The van der Waals surface area contributed by atoms with E-state index in [0.717, 1.165) is 16.7 Å². The Bertz CT molecular complexity index is 1150. The fourth-order valence-corrected chi connectivity index (χ4v) is 4.52. The molecule has 32 heavy (non-hydrogen) atoms. The summed E-state index contributed by atoms with van der Waals surface area (Å²) in [6, 6.07) is 6.85. The molecule has 0 saturated carbocycles. The first kappa shape index (κ1) is 22.3. The van der Waals surface area contributed by atoms with Crippen LogP contribution in [-0.2, 0) is 23.6 Å². The molecule has 1 aromatic heterocycles. The van der Waals surface area contributed by atoms with Crippen molar-refractivity contribution in [2.75, 3.05) is 5.75 Å². The minimum absolute atomic E-state index is 0.0490. The van der Waals surface area contributed by atoms with Crippen LogP contribution in [-0.4, -0.2) is 26.8 Å². The highest BCUT2D eigenvalue weighted by molar-refractivity contribution is 8.14. The number of amides is 2. The molecule has 0 spiro atoms. The monoisotopic (exact) mass is 472 g/mol. The van der Waals surface area contributed by atoms with E-state index in [1.165, 1.54) is 0 Å². The summed E-state index contributed by atoms with van der Waals surface area (Å²) in [7, 11) is 0. The minimum atomic E-state index is -5.00. The first-order valence-corrected chi connectivity index (χ1v) is 10.3. The van der Waals surface area contributed by atoms with Crippen molar-refractivity contribution in [1.82, 2.24) is 9.88 Å². The number of thioether (sulfide) groups is 1. The Morgan fingerprint density at radius 1 is 0.969 bits per heavy atom. The van der Waals surface area contributed by atoms with Gasteiger partial charge in [-0.1, -0.05) is 23.9 Å². The molecule has 0 radical (unpaired) electrons. The molecule has 0 aliphatic carbocycles. The van der Waals surface area contributed by atoms with Crippen LogP contribution in [0.1, 0.15) is 28.3 Å². The standard InChI is InChI=1S/C21H14F6N2O2S/c22-20(23,24)12-6-11(7-13(9-12)21(25,26)27)8-17(29-18(30)10-32-19(29)31)15-2-1-3-16-14(15)4-5-28-16/h1-7,9,17,28H,8,10H2. The summed E-state index contributed by atoms with van der Waals surface area (Å²) in [5.74, 6) is -0.699. The fourth-order valence-electron chi connectivity index (χ4n) is 3.77. The largest absolute Gasteiger partial charge is 0.416 e. The van der Waals surface area contributed by atoms with E-state index in [1.807, 2.05) is 0 Å². The maximum absolute atomic E-state index is 13.3. The van der Waals surface area contributed by atoms with E-state index in [-0.39, 0.29) is 17.4 Å². The van der Waals surface area contributed by atoms with E-state index >= 15 is 0 Å². The van der Waals surface area contributed by atoms with Crippen LogP contribution in [0.4, 0.5) is 31.1 Å². The summed E-state index contributed by atoms with van der Waals surface area (Å²) in [4.78, 5) is 28.7. The smallest absolute Gasteiger partial charge is 0.361 e.